The Balaban J connectivity index is 0.000000132. The number of hydrogen-bond acceptors (Lipinski definition) is 3. The molecule has 2 aliphatic carbocycles. The predicted molar refractivity (Wildman–Crippen MR) is 124 cm³/mol. The number of ether oxygens (including phenoxy) is 2. The van der Waals surface area contributed by atoms with Crippen molar-refractivity contribution in [1.29, 1.82) is 0 Å². The number of aliphatic hydroxyl groups excluding tert-OH is 1. The van der Waals surface area contributed by atoms with Crippen molar-refractivity contribution in [1.82, 2.24) is 0 Å². The first kappa shape index (κ1) is 20.6. The van der Waals surface area contributed by atoms with E-state index in [1.807, 2.05) is 24.3 Å². The van der Waals surface area contributed by atoms with Crippen LogP contribution in [0.5, 0.6) is 11.5 Å². The van der Waals surface area contributed by atoms with Gasteiger partial charge in [0, 0.05) is 17.5 Å². The summed E-state index contributed by atoms with van der Waals surface area (Å²) in [4.78, 5) is 0. The molecular formula is C28H34O3. The number of hydrogen-bond donors (Lipinski definition) is 1. The van der Waals surface area contributed by atoms with Crippen molar-refractivity contribution in [3.05, 3.63) is 65.7 Å². The van der Waals surface area contributed by atoms with E-state index < -0.39 is 0 Å². The summed E-state index contributed by atoms with van der Waals surface area (Å²) in [6, 6.07) is 16.2. The number of rotatable bonds is 0. The number of fused-ring (bicyclic) bond motifs is 2. The van der Waals surface area contributed by atoms with Gasteiger partial charge in [-0.25, -0.2) is 0 Å². The van der Waals surface area contributed by atoms with Gasteiger partial charge in [0.05, 0.1) is 6.10 Å². The van der Waals surface area contributed by atoms with E-state index in [0.29, 0.717) is 0 Å². The first-order valence-corrected chi connectivity index (χ1v) is 12.1. The zero-order valence-corrected chi connectivity index (χ0v) is 18.4. The second-order valence-electron chi connectivity index (χ2n) is 9.70. The largest absolute Gasteiger partial charge is 0.487 e. The molecule has 6 rings (SSSR count). The van der Waals surface area contributed by atoms with Gasteiger partial charge in [-0.1, -0.05) is 55.3 Å². The minimum Gasteiger partial charge on any atom is -0.487 e. The van der Waals surface area contributed by atoms with Crippen LogP contribution in [0, 0.1) is 0 Å². The van der Waals surface area contributed by atoms with Crippen molar-refractivity contribution >= 4 is 6.08 Å². The van der Waals surface area contributed by atoms with E-state index in [1.165, 1.54) is 56.9 Å². The molecule has 1 N–H and O–H groups in total. The van der Waals surface area contributed by atoms with Crippen LogP contribution in [0.2, 0.25) is 0 Å². The molecule has 0 bridgehead atoms. The number of aliphatic hydroxyl groups is 1. The Morgan fingerprint density at radius 2 is 1.35 bits per heavy atom. The second kappa shape index (κ2) is 8.70. The molecule has 2 heterocycles. The highest BCUT2D eigenvalue weighted by Crippen LogP contribution is 2.45. The maximum atomic E-state index is 10.2. The molecule has 1 atom stereocenters. The fourth-order valence-corrected chi connectivity index (χ4v) is 5.71. The quantitative estimate of drug-likeness (QED) is 0.500. The number of para-hydroxylation sites is 2. The standard InChI is InChI=1S/C14H18O2.C14H16O/c15-12-10-14(8-4-1-5-9-14)16-13-7-3-2-6-11(12)13;1-4-9-14(10-5-1)11-8-12-6-2-3-7-13(12)15-14/h2-3,6-7,12,15H,1,4-5,8-10H2;2-3,6-8,11H,1,4-5,9-10H2. The van der Waals surface area contributed by atoms with Crippen molar-refractivity contribution in [2.24, 2.45) is 0 Å². The molecule has 0 radical (unpaired) electrons. The van der Waals surface area contributed by atoms with Crippen molar-refractivity contribution in [3.8, 4) is 11.5 Å². The molecule has 3 heteroatoms. The van der Waals surface area contributed by atoms with Gasteiger partial charge in [0.15, 0.2) is 0 Å². The van der Waals surface area contributed by atoms with E-state index in [1.54, 1.807) is 0 Å². The smallest absolute Gasteiger partial charge is 0.127 e. The van der Waals surface area contributed by atoms with Gasteiger partial charge in [-0.3, -0.25) is 0 Å². The van der Waals surface area contributed by atoms with Gasteiger partial charge in [-0.2, -0.15) is 0 Å². The minimum atomic E-state index is -0.344. The lowest BCUT2D eigenvalue weighted by Crippen LogP contribution is -2.42. The van der Waals surface area contributed by atoms with Crippen LogP contribution in [0.1, 0.15) is 87.9 Å². The zero-order valence-electron chi connectivity index (χ0n) is 18.4. The normalized spacial score (nSPS) is 24.7. The molecule has 1 unspecified atom stereocenters. The monoisotopic (exact) mass is 418 g/mol. The Bertz CT molecular complexity index is 919. The lowest BCUT2D eigenvalue weighted by atomic mass is 9.78. The summed E-state index contributed by atoms with van der Waals surface area (Å²) in [6.07, 6.45) is 17.2. The van der Waals surface area contributed by atoms with Gasteiger partial charge in [-0.05, 0) is 69.6 Å². The third-order valence-electron chi connectivity index (χ3n) is 7.43. The average molecular weight is 419 g/mol. The van der Waals surface area contributed by atoms with Crippen LogP contribution >= 0.6 is 0 Å². The Morgan fingerprint density at radius 3 is 2.13 bits per heavy atom. The van der Waals surface area contributed by atoms with E-state index in [2.05, 4.69) is 36.4 Å². The van der Waals surface area contributed by atoms with E-state index in [0.717, 1.165) is 36.3 Å². The van der Waals surface area contributed by atoms with Gasteiger partial charge in [0.1, 0.15) is 22.7 Å². The predicted octanol–water partition coefficient (Wildman–Crippen LogP) is 7.00. The zero-order chi connectivity index (χ0) is 21.2. The van der Waals surface area contributed by atoms with Crippen molar-refractivity contribution in [2.45, 2.75) is 87.9 Å². The summed E-state index contributed by atoms with van der Waals surface area (Å²) >= 11 is 0. The Labute approximate surface area is 186 Å². The maximum absolute atomic E-state index is 10.2. The second-order valence-corrected chi connectivity index (χ2v) is 9.70. The molecule has 0 aromatic heterocycles. The lowest BCUT2D eigenvalue weighted by molar-refractivity contribution is -0.0381. The van der Waals surface area contributed by atoms with E-state index >= 15 is 0 Å². The highest BCUT2D eigenvalue weighted by Gasteiger charge is 2.41. The lowest BCUT2D eigenvalue weighted by Gasteiger charge is -2.43. The van der Waals surface area contributed by atoms with Crippen LogP contribution in [0.4, 0.5) is 0 Å². The molecule has 2 fully saturated rings. The van der Waals surface area contributed by atoms with Crippen LogP contribution in [0.25, 0.3) is 6.08 Å². The first-order valence-electron chi connectivity index (χ1n) is 12.1. The van der Waals surface area contributed by atoms with Crippen LogP contribution in [-0.4, -0.2) is 16.3 Å². The topological polar surface area (TPSA) is 38.7 Å². The Morgan fingerprint density at radius 1 is 0.710 bits per heavy atom. The van der Waals surface area contributed by atoms with Gasteiger partial charge in [0.2, 0.25) is 0 Å². The SMILES string of the molecule is C1=CC2(CCCCC2)Oc2ccccc21.OC1CC2(CCCCC2)Oc2ccccc21. The molecular weight excluding hydrogens is 384 g/mol. The van der Waals surface area contributed by atoms with E-state index in [9.17, 15) is 5.11 Å². The van der Waals surface area contributed by atoms with Gasteiger partial charge in [-0.15, -0.1) is 0 Å². The van der Waals surface area contributed by atoms with E-state index in [-0.39, 0.29) is 17.3 Å². The highest BCUT2D eigenvalue weighted by atomic mass is 16.5. The molecule has 2 aromatic carbocycles. The summed E-state index contributed by atoms with van der Waals surface area (Å²) in [5.41, 5.74) is 2.12. The molecule has 3 nitrogen and oxygen atoms in total. The van der Waals surface area contributed by atoms with Crippen molar-refractivity contribution < 1.29 is 14.6 Å². The Kier molecular flexibility index (Phi) is 5.79. The third-order valence-corrected chi connectivity index (χ3v) is 7.43. The molecule has 0 amide bonds. The highest BCUT2D eigenvalue weighted by molar-refractivity contribution is 5.60. The van der Waals surface area contributed by atoms with E-state index in [4.69, 9.17) is 9.47 Å². The molecule has 2 saturated carbocycles. The molecule has 31 heavy (non-hydrogen) atoms. The van der Waals surface area contributed by atoms with Gasteiger partial charge >= 0.3 is 0 Å². The third kappa shape index (κ3) is 4.39. The summed E-state index contributed by atoms with van der Waals surface area (Å²) in [7, 11) is 0. The molecule has 0 saturated heterocycles. The van der Waals surface area contributed by atoms with Crippen molar-refractivity contribution in [3.63, 3.8) is 0 Å². The maximum Gasteiger partial charge on any atom is 0.127 e. The summed E-state index contributed by atoms with van der Waals surface area (Å²) in [5, 5.41) is 10.2. The molecule has 2 aliphatic heterocycles. The van der Waals surface area contributed by atoms with Gasteiger partial charge < -0.3 is 14.6 Å². The van der Waals surface area contributed by atoms with Crippen LogP contribution in [0.3, 0.4) is 0 Å². The fraction of sp³-hybridized carbons (Fsp3) is 0.500. The fourth-order valence-electron chi connectivity index (χ4n) is 5.71. The molecule has 2 aromatic rings. The summed E-state index contributed by atoms with van der Waals surface area (Å²) < 4.78 is 12.3. The van der Waals surface area contributed by atoms with Crippen molar-refractivity contribution in [2.75, 3.05) is 0 Å². The van der Waals surface area contributed by atoms with Crippen LogP contribution in [0.15, 0.2) is 54.6 Å². The van der Waals surface area contributed by atoms with Crippen LogP contribution < -0.4 is 9.47 Å². The van der Waals surface area contributed by atoms with Crippen LogP contribution in [-0.2, 0) is 0 Å². The summed E-state index contributed by atoms with van der Waals surface area (Å²) in [6.45, 7) is 0. The average Bonchev–Trinajstić information content (AvgIpc) is 2.80. The van der Waals surface area contributed by atoms with Gasteiger partial charge in [0.25, 0.3) is 0 Å². The molecule has 4 aliphatic rings. The molecule has 164 valence electrons. The molecule has 2 spiro atoms. The minimum absolute atomic E-state index is 0.0204. The Hall–Kier alpha value is -2.26. The first-order chi connectivity index (χ1) is 15.2. The summed E-state index contributed by atoms with van der Waals surface area (Å²) in [5.74, 6) is 1.95. The number of benzene rings is 2.